The first-order valence-corrected chi connectivity index (χ1v) is 6.25. The summed E-state index contributed by atoms with van der Waals surface area (Å²) in [6, 6.07) is 9.69. The Morgan fingerprint density at radius 1 is 1.10 bits per heavy atom. The molecule has 6 heteroatoms. The second-order valence-electron chi connectivity index (χ2n) is 4.36. The fourth-order valence-electron chi connectivity index (χ4n) is 2.08. The summed E-state index contributed by atoms with van der Waals surface area (Å²) in [5.74, 6) is -0.336. The molecule has 0 fully saturated rings. The van der Waals surface area contributed by atoms with Crippen molar-refractivity contribution in [3.63, 3.8) is 0 Å². The van der Waals surface area contributed by atoms with Crippen LogP contribution >= 0.6 is 0 Å². The van der Waals surface area contributed by atoms with Gasteiger partial charge in [0.05, 0.1) is 13.3 Å². The monoisotopic (exact) mass is 280 g/mol. The van der Waals surface area contributed by atoms with Gasteiger partial charge < -0.3 is 10.5 Å². The van der Waals surface area contributed by atoms with Crippen molar-refractivity contribution in [3.8, 4) is 17.0 Å². The van der Waals surface area contributed by atoms with Crippen LogP contribution in [0.4, 0.5) is 0 Å². The van der Waals surface area contributed by atoms with Gasteiger partial charge in [-0.05, 0) is 5.56 Å². The minimum atomic E-state index is -0.642. The van der Waals surface area contributed by atoms with Crippen LogP contribution in [0.1, 0.15) is 10.5 Å². The van der Waals surface area contributed by atoms with Gasteiger partial charge in [-0.2, -0.15) is 0 Å². The molecular weight excluding hydrogens is 268 g/mol. The third-order valence-corrected chi connectivity index (χ3v) is 3.07. The summed E-state index contributed by atoms with van der Waals surface area (Å²) in [7, 11) is 1.49. The number of pyridine rings is 1. The number of methoxy groups -OCH3 is 1. The quantitative estimate of drug-likeness (QED) is 0.790. The molecule has 0 bridgehead atoms. The molecule has 0 atom stereocenters. The Balaban J connectivity index is 2.31. The van der Waals surface area contributed by atoms with Crippen LogP contribution in [-0.4, -0.2) is 28.0 Å². The lowest BCUT2D eigenvalue weighted by atomic mass is 10.1. The number of carbonyl (C=O) groups is 1. The van der Waals surface area contributed by atoms with Crippen molar-refractivity contribution in [1.82, 2.24) is 15.0 Å². The van der Waals surface area contributed by atoms with E-state index in [-0.39, 0.29) is 5.69 Å². The van der Waals surface area contributed by atoms with Gasteiger partial charge >= 0.3 is 0 Å². The molecule has 2 N–H and O–H groups in total. The number of rotatable bonds is 3. The molecule has 0 unspecified atom stereocenters. The molecule has 21 heavy (non-hydrogen) atoms. The fourth-order valence-corrected chi connectivity index (χ4v) is 2.08. The Kier molecular flexibility index (Phi) is 3.19. The number of aromatic nitrogens is 3. The Morgan fingerprint density at radius 3 is 2.52 bits per heavy atom. The summed E-state index contributed by atoms with van der Waals surface area (Å²) in [6.07, 6.45) is 3.03. The van der Waals surface area contributed by atoms with Crippen LogP contribution in [0.2, 0.25) is 0 Å². The molecule has 1 amide bonds. The second kappa shape index (κ2) is 5.16. The molecule has 2 heterocycles. The average Bonchev–Trinajstić information content (AvgIpc) is 2.54. The molecule has 0 aliphatic heterocycles. The maximum Gasteiger partial charge on any atom is 0.268 e. The first-order valence-electron chi connectivity index (χ1n) is 6.25. The maximum atomic E-state index is 11.3. The van der Waals surface area contributed by atoms with Gasteiger partial charge in [-0.25, -0.2) is 9.97 Å². The van der Waals surface area contributed by atoms with E-state index in [2.05, 4.69) is 15.0 Å². The Labute approximate surface area is 120 Å². The van der Waals surface area contributed by atoms with E-state index >= 15 is 0 Å². The van der Waals surface area contributed by atoms with E-state index in [4.69, 9.17) is 10.5 Å². The van der Waals surface area contributed by atoms with E-state index in [1.165, 1.54) is 13.3 Å². The number of ether oxygens (including phenoxy) is 1. The van der Waals surface area contributed by atoms with Gasteiger partial charge in [-0.3, -0.25) is 9.78 Å². The fraction of sp³-hybridized carbons (Fsp3) is 0.0667. The Morgan fingerprint density at radius 2 is 1.86 bits per heavy atom. The highest BCUT2D eigenvalue weighted by Gasteiger charge is 2.14. The average molecular weight is 280 g/mol. The molecule has 104 valence electrons. The lowest BCUT2D eigenvalue weighted by Gasteiger charge is -2.09. The van der Waals surface area contributed by atoms with Crippen LogP contribution in [0.25, 0.3) is 22.2 Å². The van der Waals surface area contributed by atoms with E-state index < -0.39 is 5.91 Å². The summed E-state index contributed by atoms with van der Waals surface area (Å²) in [5.41, 5.74) is 8.11. The van der Waals surface area contributed by atoms with Crippen LogP contribution in [0.5, 0.6) is 5.88 Å². The van der Waals surface area contributed by atoms with Crippen molar-refractivity contribution in [2.45, 2.75) is 0 Å². The van der Waals surface area contributed by atoms with Crippen molar-refractivity contribution >= 4 is 16.9 Å². The zero-order chi connectivity index (χ0) is 14.8. The van der Waals surface area contributed by atoms with E-state index in [9.17, 15) is 4.79 Å². The summed E-state index contributed by atoms with van der Waals surface area (Å²) in [6.45, 7) is 0. The molecular formula is C15H12N4O2. The van der Waals surface area contributed by atoms with Crippen molar-refractivity contribution in [1.29, 1.82) is 0 Å². The van der Waals surface area contributed by atoms with Gasteiger partial charge in [0, 0.05) is 11.8 Å². The largest absolute Gasteiger partial charge is 0.479 e. The number of nitrogens with zero attached hydrogens (tertiary/aromatic N) is 3. The van der Waals surface area contributed by atoms with Crippen LogP contribution in [0.15, 0.2) is 42.7 Å². The van der Waals surface area contributed by atoms with Crippen molar-refractivity contribution in [2.75, 3.05) is 7.11 Å². The zero-order valence-electron chi connectivity index (χ0n) is 11.3. The van der Waals surface area contributed by atoms with Crippen LogP contribution in [0, 0.1) is 0 Å². The number of benzene rings is 1. The third kappa shape index (κ3) is 2.27. The molecule has 0 aliphatic carbocycles. The van der Waals surface area contributed by atoms with Gasteiger partial charge in [0.2, 0.25) is 5.88 Å². The summed E-state index contributed by atoms with van der Waals surface area (Å²) in [5, 5.41) is 0. The Hall–Kier alpha value is -3.02. The van der Waals surface area contributed by atoms with Gasteiger partial charge in [0.25, 0.3) is 5.91 Å². The molecule has 3 rings (SSSR count). The van der Waals surface area contributed by atoms with Crippen molar-refractivity contribution < 1.29 is 9.53 Å². The first kappa shape index (κ1) is 13.0. The first-order chi connectivity index (χ1) is 10.2. The molecule has 0 aliphatic rings. The number of primary amides is 1. The van der Waals surface area contributed by atoms with Crippen LogP contribution in [-0.2, 0) is 0 Å². The predicted molar refractivity (Wildman–Crippen MR) is 77.8 cm³/mol. The SMILES string of the molecule is COc1ncc(-c2ccccc2)c2ncc(C(N)=O)nc12. The summed E-state index contributed by atoms with van der Waals surface area (Å²) < 4.78 is 5.19. The van der Waals surface area contributed by atoms with Crippen molar-refractivity contribution in [2.24, 2.45) is 5.73 Å². The van der Waals surface area contributed by atoms with Gasteiger partial charge in [0.15, 0.2) is 5.52 Å². The molecule has 3 aromatic rings. The lowest BCUT2D eigenvalue weighted by molar-refractivity contribution is 0.0995. The minimum Gasteiger partial charge on any atom is -0.479 e. The molecule has 0 spiro atoms. The highest BCUT2D eigenvalue weighted by atomic mass is 16.5. The topological polar surface area (TPSA) is 91.0 Å². The molecule has 0 radical (unpaired) electrons. The summed E-state index contributed by atoms with van der Waals surface area (Å²) in [4.78, 5) is 24.0. The zero-order valence-corrected chi connectivity index (χ0v) is 11.3. The second-order valence-corrected chi connectivity index (χ2v) is 4.36. The van der Waals surface area contributed by atoms with E-state index in [0.29, 0.717) is 16.9 Å². The number of carbonyl (C=O) groups excluding carboxylic acids is 1. The number of nitrogens with two attached hydrogens (primary N) is 1. The Bertz CT molecular complexity index is 819. The summed E-state index contributed by atoms with van der Waals surface area (Å²) >= 11 is 0. The predicted octanol–water partition coefficient (Wildman–Crippen LogP) is 1.80. The molecule has 2 aromatic heterocycles. The highest BCUT2D eigenvalue weighted by Crippen LogP contribution is 2.29. The molecule has 1 aromatic carbocycles. The van der Waals surface area contributed by atoms with Crippen LogP contribution in [0.3, 0.4) is 0 Å². The molecule has 0 saturated heterocycles. The highest BCUT2D eigenvalue weighted by molar-refractivity contribution is 5.97. The van der Waals surface area contributed by atoms with Crippen LogP contribution < -0.4 is 10.5 Å². The molecule has 0 saturated carbocycles. The van der Waals surface area contributed by atoms with E-state index in [0.717, 1.165) is 11.1 Å². The number of fused-ring (bicyclic) bond motifs is 1. The van der Waals surface area contributed by atoms with Gasteiger partial charge in [0.1, 0.15) is 11.2 Å². The lowest BCUT2D eigenvalue weighted by Crippen LogP contribution is -2.13. The minimum absolute atomic E-state index is 0.0767. The number of hydrogen-bond acceptors (Lipinski definition) is 5. The van der Waals surface area contributed by atoms with Gasteiger partial charge in [-0.15, -0.1) is 0 Å². The van der Waals surface area contributed by atoms with E-state index in [1.807, 2.05) is 30.3 Å². The third-order valence-electron chi connectivity index (χ3n) is 3.07. The molecule has 6 nitrogen and oxygen atoms in total. The number of amides is 1. The van der Waals surface area contributed by atoms with Crippen molar-refractivity contribution in [3.05, 3.63) is 48.4 Å². The normalized spacial score (nSPS) is 10.5. The van der Waals surface area contributed by atoms with Gasteiger partial charge in [-0.1, -0.05) is 30.3 Å². The number of hydrogen-bond donors (Lipinski definition) is 1. The smallest absolute Gasteiger partial charge is 0.268 e. The maximum absolute atomic E-state index is 11.3. The standard InChI is InChI=1S/C15H12N4O2/c1-21-15-13-12(17-8-11(19-13)14(16)20)10(7-18-15)9-5-3-2-4-6-9/h2-8H,1H3,(H2,16,20). The van der Waals surface area contributed by atoms with E-state index in [1.54, 1.807) is 6.20 Å².